The second-order valence-electron chi connectivity index (χ2n) is 3.37. The van der Waals surface area contributed by atoms with Crippen LogP contribution in [0.3, 0.4) is 0 Å². The van der Waals surface area contributed by atoms with Crippen LogP contribution in [0.5, 0.6) is 0 Å². The molecule has 0 aromatic heterocycles. The number of ether oxygens (including phenoxy) is 1. The zero-order valence-electron chi connectivity index (χ0n) is 7.90. The molecule has 1 aromatic rings. The van der Waals surface area contributed by atoms with Gasteiger partial charge in [0.2, 0.25) is 0 Å². The molecular weight excluding hydrogens is 256 g/mol. The molecule has 0 radical (unpaired) electrons. The van der Waals surface area contributed by atoms with Gasteiger partial charge in [-0.15, -0.1) is 0 Å². The summed E-state index contributed by atoms with van der Waals surface area (Å²) >= 11 is 18.0. The van der Waals surface area contributed by atoms with E-state index in [0.29, 0.717) is 21.7 Å². The summed E-state index contributed by atoms with van der Waals surface area (Å²) in [7, 11) is 0. The predicted octanol–water partition coefficient (Wildman–Crippen LogP) is 3.31. The summed E-state index contributed by atoms with van der Waals surface area (Å²) in [6, 6.07) is 3.53. The number of benzene rings is 1. The van der Waals surface area contributed by atoms with E-state index in [1.807, 2.05) is 6.07 Å². The van der Waals surface area contributed by atoms with E-state index in [2.05, 4.69) is 5.32 Å². The molecule has 0 saturated carbocycles. The van der Waals surface area contributed by atoms with Crippen molar-refractivity contribution >= 4 is 34.8 Å². The first-order chi connectivity index (χ1) is 7.18. The molecule has 0 unspecified atom stereocenters. The summed E-state index contributed by atoms with van der Waals surface area (Å²) in [5, 5.41) is 4.92. The standard InChI is InChI=1S/C10H10Cl3NO/c11-6-3-7(10(13)8(12)4-6)9-5-15-2-1-14-9/h3-4,9,14H,1-2,5H2/t9-/m1/s1. The van der Waals surface area contributed by atoms with Crippen molar-refractivity contribution in [3.8, 4) is 0 Å². The fraction of sp³-hybridized carbons (Fsp3) is 0.400. The molecule has 5 heteroatoms. The van der Waals surface area contributed by atoms with Crippen molar-refractivity contribution in [2.24, 2.45) is 0 Å². The Labute approximate surface area is 103 Å². The van der Waals surface area contributed by atoms with Gasteiger partial charge in [-0.05, 0) is 17.7 Å². The topological polar surface area (TPSA) is 21.3 Å². The van der Waals surface area contributed by atoms with Crippen molar-refractivity contribution in [2.75, 3.05) is 19.8 Å². The van der Waals surface area contributed by atoms with E-state index in [0.717, 1.165) is 18.7 Å². The van der Waals surface area contributed by atoms with Crippen molar-refractivity contribution in [3.63, 3.8) is 0 Å². The summed E-state index contributed by atoms with van der Waals surface area (Å²) in [5.74, 6) is 0. The second-order valence-corrected chi connectivity index (χ2v) is 4.59. The molecule has 0 bridgehead atoms. The van der Waals surface area contributed by atoms with Crippen LogP contribution in [0.15, 0.2) is 12.1 Å². The van der Waals surface area contributed by atoms with Crippen LogP contribution in [0.1, 0.15) is 11.6 Å². The minimum atomic E-state index is 0.0717. The number of morpholine rings is 1. The van der Waals surface area contributed by atoms with Gasteiger partial charge in [-0.3, -0.25) is 0 Å². The molecule has 1 N–H and O–H groups in total. The Morgan fingerprint density at radius 3 is 2.73 bits per heavy atom. The van der Waals surface area contributed by atoms with E-state index in [1.54, 1.807) is 6.07 Å². The Hall–Kier alpha value is 0.01000. The van der Waals surface area contributed by atoms with Crippen LogP contribution in [0.4, 0.5) is 0 Å². The van der Waals surface area contributed by atoms with Gasteiger partial charge in [-0.25, -0.2) is 0 Å². The number of nitrogens with one attached hydrogen (secondary N) is 1. The van der Waals surface area contributed by atoms with Gasteiger partial charge >= 0.3 is 0 Å². The Morgan fingerprint density at radius 2 is 2.07 bits per heavy atom. The van der Waals surface area contributed by atoms with Crippen LogP contribution in [-0.2, 0) is 4.74 Å². The molecule has 82 valence electrons. The highest BCUT2D eigenvalue weighted by Gasteiger charge is 2.19. The molecule has 2 nitrogen and oxygen atoms in total. The van der Waals surface area contributed by atoms with E-state index in [9.17, 15) is 0 Å². The first kappa shape index (κ1) is 11.5. The van der Waals surface area contributed by atoms with Gasteiger partial charge in [0.05, 0.1) is 29.3 Å². The lowest BCUT2D eigenvalue weighted by molar-refractivity contribution is 0.0769. The highest BCUT2D eigenvalue weighted by atomic mass is 35.5. The van der Waals surface area contributed by atoms with E-state index >= 15 is 0 Å². The first-order valence-electron chi connectivity index (χ1n) is 4.64. The van der Waals surface area contributed by atoms with Gasteiger partial charge in [0, 0.05) is 11.6 Å². The summed E-state index contributed by atoms with van der Waals surface area (Å²) in [6.45, 7) is 2.13. The normalized spacial score (nSPS) is 21.7. The van der Waals surface area contributed by atoms with Crippen LogP contribution >= 0.6 is 34.8 Å². The average Bonchev–Trinajstić information content (AvgIpc) is 2.24. The molecule has 1 atom stereocenters. The van der Waals surface area contributed by atoms with E-state index in [-0.39, 0.29) is 6.04 Å². The zero-order valence-corrected chi connectivity index (χ0v) is 10.2. The highest BCUT2D eigenvalue weighted by Crippen LogP contribution is 2.33. The van der Waals surface area contributed by atoms with Crippen LogP contribution < -0.4 is 5.32 Å². The number of hydrogen-bond acceptors (Lipinski definition) is 2. The van der Waals surface area contributed by atoms with E-state index in [1.165, 1.54) is 0 Å². The van der Waals surface area contributed by atoms with E-state index in [4.69, 9.17) is 39.5 Å². The number of rotatable bonds is 1. The third kappa shape index (κ3) is 2.58. The quantitative estimate of drug-likeness (QED) is 0.788. The molecule has 1 fully saturated rings. The summed E-state index contributed by atoms with van der Waals surface area (Å²) in [6.07, 6.45) is 0. The molecule has 0 amide bonds. The fourth-order valence-electron chi connectivity index (χ4n) is 1.59. The lowest BCUT2D eigenvalue weighted by atomic mass is 10.1. The Morgan fingerprint density at radius 1 is 1.27 bits per heavy atom. The minimum Gasteiger partial charge on any atom is -0.378 e. The number of halogens is 3. The lowest BCUT2D eigenvalue weighted by Gasteiger charge is -2.25. The fourth-order valence-corrected chi connectivity index (χ4v) is 2.34. The number of hydrogen-bond donors (Lipinski definition) is 1. The van der Waals surface area contributed by atoms with Gasteiger partial charge in [-0.1, -0.05) is 34.8 Å². The maximum absolute atomic E-state index is 6.11. The van der Waals surface area contributed by atoms with Gasteiger partial charge in [-0.2, -0.15) is 0 Å². The minimum absolute atomic E-state index is 0.0717. The largest absolute Gasteiger partial charge is 0.378 e. The summed E-state index contributed by atoms with van der Waals surface area (Å²) < 4.78 is 5.36. The molecule has 1 aromatic carbocycles. The van der Waals surface area contributed by atoms with Gasteiger partial charge < -0.3 is 10.1 Å². The Bertz CT molecular complexity index is 364. The molecule has 1 aliphatic rings. The summed E-state index contributed by atoms with van der Waals surface area (Å²) in [4.78, 5) is 0. The monoisotopic (exact) mass is 265 g/mol. The molecule has 2 rings (SSSR count). The molecule has 0 aliphatic carbocycles. The zero-order chi connectivity index (χ0) is 10.8. The molecule has 1 aliphatic heterocycles. The predicted molar refractivity (Wildman–Crippen MR) is 63.0 cm³/mol. The van der Waals surface area contributed by atoms with Gasteiger partial charge in [0.1, 0.15) is 0 Å². The molecule has 15 heavy (non-hydrogen) atoms. The van der Waals surface area contributed by atoms with Crippen molar-refractivity contribution in [3.05, 3.63) is 32.8 Å². The lowest BCUT2D eigenvalue weighted by Crippen LogP contribution is -2.34. The third-order valence-corrected chi connectivity index (χ3v) is 3.35. The molecule has 1 heterocycles. The summed E-state index contributed by atoms with van der Waals surface area (Å²) in [5.41, 5.74) is 0.897. The van der Waals surface area contributed by atoms with Gasteiger partial charge in [0.25, 0.3) is 0 Å². The van der Waals surface area contributed by atoms with Crippen LogP contribution in [0.2, 0.25) is 15.1 Å². The Balaban J connectivity index is 2.33. The second kappa shape index (κ2) is 4.89. The maximum Gasteiger partial charge on any atom is 0.0662 e. The third-order valence-electron chi connectivity index (χ3n) is 2.32. The van der Waals surface area contributed by atoms with Crippen LogP contribution in [-0.4, -0.2) is 19.8 Å². The highest BCUT2D eigenvalue weighted by molar-refractivity contribution is 6.43. The molecule has 1 saturated heterocycles. The maximum atomic E-state index is 6.11. The van der Waals surface area contributed by atoms with Crippen molar-refractivity contribution in [2.45, 2.75) is 6.04 Å². The molecule has 0 spiro atoms. The van der Waals surface area contributed by atoms with E-state index < -0.39 is 0 Å². The van der Waals surface area contributed by atoms with Gasteiger partial charge in [0.15, 0.2) is 0 Å². The van der Waals surface area contributed by atoms with Crippen molar-refractivity contribution < 1.29 is 4.74 Å². The molecular formula is C10H10Cl3NO. The van der Waals surface area contributed by atoms with Crippen molar-refractivity contribution in [1.82, 2.24) is 5.32 Å². The van der Waals surface area contributed by atoms with Crippen LogP contribution in [0, 0.1) is 0 Å². The SMILES string of the molecule is Clc1cc(Cl)c(Cl)c([C@H]2COCCN2)c1. The first-order valence-corrected chi connectivity index (χ1v) is 5.77. The Kier molecular flexibility index (Phi) is 3.75. The smallest absolute Gasteiger partial charge is 0.0662 e. The van der Waals surface area contributed by atoms with Crippen molar-refractivity contribution in [1.29, 1.82) is 0 Å². The average molecular weight is 267 g/mol. The van der Waals surface area contributed by atoms with Crippen LogP contribution in [0.25, 0.3) is 0 Å².